The van der Waals surface area contributed by atoms with Crippen LogP contribution in [0.5, 0.6) is 0 Å². The van der Waals surface area contributed by atoms with Crippen LogP contribution in [0.2, 0.25) is 0 Å². The highest BCUT2D eigenvalue weighted by molar-refractivity contribution is 5.22. The minimum absolute atomic E-state index is 0.812. The van der Waals surface area contributed by atoms with E-state index in [1.165, 1.54) is 75.7 Å². The Hall–Kier alpha value is -0.860. The lowest BCUT2D eigenvalue weighted by Gasteiger charge is -2.49. The van der Waals surface area contributed by atoms with Crippen LogP contribution in [-0.2, 0) is 6.54 Å². The van der Waals surface area contributed by atoms with Gasteiger partial charge in [-0.05, 0) is 50.6 Å². The Morgan fingerprint density at radius 2 is 1.83 bits per heavy atom. The van der Waals surface area contributed by atoms with Crippen LogP contribution in [0, 0.1) is 12.8 Å². The van der Waals surface area contributed by atoms with Gasteiger partial charge in [0, 0.05) is 31.7 Å². The summed E-state index contributed by atoms with van der Waals surface area (Å²) < 4.78 is 0. The van der Waals surface area contributed by atoms with Gasteiger partial charge in [-0.25, -0.2) is 0 Å². The van der Waals surface area contributed by atoms with Crippen molar-refractivity contribution in [1.82, 2.24) is 9.80 Å². The SMILES string of the molecule is Cc1cccc(CN2CCN3CCCC3C2C2CCCCC2)c1. The van der Waals surface area contributed by atoms with Crippen LogP contribution in [0.3, 0.4) is 0 Å². The van der Waals surface area contributed by atoms with Gasteiger partial charge in [0.25, 0.3) is 0 Å². The number of nitrogens with zero attached hydrogens (tertiary/aromatic N) is 2. The number of rotatable bonds is 3. The highest BCUT2D eigenvalue weighted by Gasteiger charge is 2.42. The number of piperazine rings is 1. The Morgan fingerprint density at radius 3 is 2.65 bits per heavy atom. The zero-order valence-corrected chi connectivity index (χ0v) is 14.7. The summed E-state index contributed by atoms with van der Waals surface area (Å²) in [5.74, 6) is 0.944. The third-order valence-electron chi connectivity index (χ3n) is 6.51. The molecule has 1 aromatic carbocycles. The van der Waals surface area contributed by atoms with Crippen molar-refractivity contribution in [2.75, 3.05) is 19.6 Å². The van der Waals surface area contributed by atoms with E-state index in [-0.39, 0.29) is 0 Å². The molecule has 1 aromatic rings. The van der Waals surface area contributed by atoms with Gasteiger partial charge < -0.3 is 0 Å². The Labute approximate surface area is 141 Å². The van der Waals surface area contributed by atoms with Crippen molar-refractivity contribution in [3.05, 3.63) is 35.4 Å². The van der Waals surface area contributed by atoms with Gasteiger partial charge in [0.1, 0.15) is 0 Å². The number of benzene rings is 1. The van der Waals surface area contributed by atoms with Crippen molar-refractivity contribution in [2.45, 2.75) is 70.5 Å². The van der Waals surface area contributed by atoms with Crippen molar-refractivity contribution in [1.29, 1.82) is 0 Å². The van der Waals surface area contributed by atoms with E-state index in [1.54, 1.807) is 0 Å². The predicted octanol–water partition coefficient (Wildman–Crippen LogP) is 4.22. The first-order valence-corrected chi connectivity index (χ1v) is 9.85. The average molecular weight is 313 g/mol. The van der Waals surface area contributed by atoms with E-state index in [0.29, 0.717) is 0 Å². The maximum atomic E-state index is 2.86. The second kappa shape index (κ2) is 6.94. The Bertz CT molecular complexity index is 520. The van der Waals surface area contributed by atoms with Gasteiger partial charge in [-0.3, -0.25) is 9.80 Å². The molecule has 2 heterocycles. The number of aryl methyl sites for hydroxylation is 1. The Balaban J connectivity index is 1.55. The lowest BCUT2D eigenvalue weighted by atomic mass is 9.78. The quantitative estimate of drug-likeness (QED) is 0.824. The van der Waals surface area contributed by atoms with Gasteiger partial charge in [0.05, 0.1) is 0 Å². The van der Waals surface area contributed by atoms with Gasteiger partial charge in [0.15, 0.2) is 0 Å². The van der Waals surface area contributed by atoms with Crippen LogP contribution in [-0.4, -0.2) is 41.5 Å². The first-order chi connectivity index (χ1) is 11.3. The van der Waals surface area contributed by atoms with E-state index >= 15 is 0 Å². The molecule has 2 heteroatoms. The normalized spacial score (nSPS) is 30.5. The molecule has 2 aliphatic heterocycles. The fraction of sp³-hybridized carbons (Fsp3) is 0.714. The molecule has 2 nitrogen and oxygen atoms in total. The molecule has 2 saturated heterocycles. The molecule has 126 valence electrons. The average Bonchev–Trinajstić information content (AvgIpc) is 3.04. The largest absolute Gasteiger partial charge is 0.298 e. The molecular weight excluding hydrogens is 280 g/mol. The summed E-state index contributed by atoms with van der Waals surface area (Å²) in [6, 6.07) is 10.8. The van der Waals surface area contributed by atoms with Crippen molar-refractivity contribution < 1.29 is 0 Å². The molecule has 23 heavy (non-hydrogen) atoms. The highest BCUT2D eigenvalue weighted by atomic mass is 15.3. The molecule has 1 aliphatic carbocycles. The first kappa shape index (κ1) is 15.7. The van der Waals surface area contributed by atoms with E-state index in [4.69, 9.17) is 0 Å². The van der Waals surface area contributed by atoms with Gasteiger partial charge in [-0.15, -0.1) is 0 Å². The van der Waals surface area contributed by atoms with Gasteiger partial charge in [0.2, 0.25) is 0 Å². The third-order valence-corrected chi connectivity index (χ3v) is 6.51. The Kier molecular flexibility index (Phi) is 4.73. The summed E-state index contributed by atoms with van der Waals surface area (Å²) in [5.41, 5.74) is 2.91. The monoisotopic (exact) mass is 312 g/mol. The molecule has 0 radical (unpaired) electrons. The lowest BCUT2D eigenvalue weighted by Crippen LogP contribution is -2.59. The molecule has 0 amide bonds. The molecule has 0 aromatic heterocycles. The topological polar surface area (TPSA) is 6.48 Å². The van der Waals surface area contributed by atoms with Gasteiger partial charge >= 0.3 is 0 Å². The molecular formula is C21H32N2. The minimum Gasteiger partial charge on any atom is -0.298 e. The molecule has 0 bridgehead atoms. The summed E-state index contributed by atoms with van der Waals surface area (Å²) in [6.45, 7) is 7.29. The first-order valence-electron chi connectivity index (χ1n) is 9.85. The maximum Gasteiger partial charge on any atom is 0.0283 e. The maximum absolute atomic E-state index is 2.86. The summed E-state index contributed by atoms with van der Waals surface area (Å²) in [5, 5.41) is 0. The van der Waals surface area contributed by atoms with Crippen molar-refractivity contribution >= 4 is 0 Å². The molecule has 4 rings (SSSR count). The van der Waals surface area contributed by atoms with Crippen molar-refractivity contribution in [2.24, 2.45) is 5.92 Å². The number of hydrogen-bond acceptors (Lipinski definition) is 2. The molecule has 0 N–H and O–H groups in total. The van der Waals surface area contributed by atoms with Crippen molar-refractivity contribution in [3.63, 3.8) is 0 Å². The summed E-state index contributed by atoms with van der Waals surface area (Å²) in [7, 11) is 0. The fourth-order valence-electron chi connectivity index (χ4n) is 5.48. The second-order valence-corrected chi connectivity index (χ2v) is 8.09. The minimum atomic E-state index is 0.812. The van der Waals surface area contributed by atoms with Crippen molar-refractivity contribution in [3.8, 4) is 0 Å². The molecule has 3 fully saturated rings. The van der Waals surface area contributed by atoms with E-state index < -0.39 is 0 Å². The number of hydrogen-bond donors (Lipinski definition) is 0. The molecule has 2 unspecified atom stereocenters. The molecule has 2 atom stereocenters. The van der Waals surface area contributed by atoms with E-state index in [2.05, 4.69) is 41.0 Å². The standard InChI is InChI=1S/C21H32N2/c1-17-7-5-8-18(15-17)16-23-14-13-22-12-6-11-20(22)21(23)19-9-3-2-4-10-19/h5,7-8,15,19-21H,2-4,6,9-14,16H2,1H3. The molecule has 1 saturated carbocycles. The van der Waals surface area contributed by atoms with Gasteiger partial charge in [-0.2, -0.15) is 0 Å². The van der Waals surface area contributed by atoms with Crippen LogP contribution in [0.15, 0.2) is 24.3 Å². The van der Waals surface area contributed by atoms with Crippen LogP contribution >= 0.6 is 0 Å². The summed E-state index contributed by atoms with van der Waals surface area (Å²) in [6.07, 6.45) is 10.2. The second-order valence-electron chi connectivity index (χ2n) is 8.09. The Morgan fingerprint density at radius 1 is 0.957 bits per heavy atom. The van der Waals surface area contributed by atoms with Crippen LogP contribution in [0.4, 0.5) is 0 Å². The fourth-order valence-corrected chi connectivity index (χ4v) is 5.48. The van der Waals surface area contributed by atoms with E-state index in [1.807, 2.05) is 0 Å². The molecule has 3 aliphatic rings. The lowest BCUT2D eigenvalue weighted by molar-refractivity contribution is -0.00380. The van der Waals surface area contributed by atoms with Gasteiger partial charge in [-0.1, -0.05) is 49.1 Å². The van der Waals surface area contributed by atoms with Crippen LogP contribution in [0.25, 0.3) is 0 Å². The van der Waals surface area contributed by atoms with Crippen LogP contribution < -0.4 is 0 Å². The smallest absolute Gasteiger partial charge is 0.0283 e. The summed E-state index contributed by atoms with van der Waals surface area (Å²) in [4.78, 5) is 5.67. The third kappa shape index (κ3) is 3.34. The van der Waals surface area contributed by atoms with E-state index in [9.17, 15) is 0 Å². The zero-order valence-electron chi connectivity index (χ0n) is 14.7. The van der Waals surface area contributed by atoms with E-state index in [0.717, 1.165) is 24.5 Å². The number of fused-ring (bicyclic) bond motifs is 1. The predicted molar refractivity (Wildman–Crippen MR) is 96.5 cm³/mol. The molecule has 0 spiro atoms. The van der Waals surface area contributed by atoms with Crippen LogP contribution in [0.1, 0.15) is 56.1 Å². The summed E-state index contributed by atoms with van der Waals surface area (Å²) >= 11 is 0. The zero-order chi connectivity index (χ0) is 15.6. The highest BCUT2D eigenvalue weighted by Crippen LogP contribution is 2.38.